The summed E-state index contributed by atoms with van der Waals surface area (Å²) in [7, 11) is -2.11. The predicted molar refractivity (Wildman–Crippen MR) is 106 cm³/mol. The molecule has 1 aliphatic heterocycles. The molecule has 0 spiro atoms. The second-order valence-corrected chi connectivity index (χ2v) is 9.32. The molecule has 0 saturated carbocycles. The van der Waals surface area contributed by atoms with Crippen molar-refractivity contribution in [3.8, 4) is 0 Å². The number of hydrogen-bond donors (Lipinski definition) is 0. The van der Waals surface area contributed by atoms with Crippen molar-refractivity contribution in [3.05, 3.63) is 52.8 Å². The van der Waals surface area contributed by atoms with Crippen molar-refractivity contribution in [2.45, 2.75) is 37.1 Å². The van der Waals surface area contributed by atoms with Gasteiger partial charge < -0.3 is 4.90 Å². The SMILES string of the molecule is CCCC[C@@H]1CN(c2ccccc2)c2cc(F)c(Br)cc2S(=O)(=O)N1C. The van der Waals surface area contributed by atoms with E-state index in [4.69, 9.17) is 0 Å². The fourth-order valence-corrected chi connectivity index (χ4v) is 5.35. The molecule has 140 valence electrons. The first kappa shape index (κ1) is 19.3. The highest BCUT2D eigenvalue weighted by Crippen LogP contribution is 2.39. The summed E-state index contributed by atoms with van der Waals surface area (Å²) in [6, 6.07) is 12.0. The Morgan fingerprint density at radius 2 is 1.92 bits per heavy atom. The van der Waals surface area contributed by atoms with Crippen LogP contribution in [0.5, 0.6) is 0 Å². The number of likely N-dealkylation sites (N-methyl/N-ethyl adjacent to an activating group) is 1. The van der Waals surface area contributed by atoms with E-state index in [1.54, 1.807) is 7.05 Å². The van der Waals surface area contributed by atoms with Gasteiger partial charge in [0.1, 0.15) is 10.7 Å². The lowest BCUT2D eigenvalue weighted by Crippen LogP contribution is -2.40. The molecule has 0 amide bonds. The van der Waals surface area contributed by atoms with E-state index in [1.165, 1.54) is 16.4 Å². The van der Waals surface area contributed by atoms with Crippen LogP contribution in [0, 0.1) is 5.82 Å². The molecule has 0 saturated heterocycles. The summed E-state index contributed by atoms with van der Waals surface area (Å²) in [5, 5.41) is 0. The van der Waals surface area contributed by atoms with Gasteiger partial charge >= 0.3 is 0 Å². The second kappa shape index (κ2) is 7.66. The number of anilines is 2. The molecule has 0 bridgehead atoms. The van der Waals surface area contributed by atoms with Crippen LogP contribution in [0.25, 0.3) is 0 Å². The minimum Gasteiger partial charge on any atom is -0.339 e. The minimum atomic E-state index is -3.72. The molecule has 4 nitrogen and oxygen atoms in total. The van der Waals surface area contributed by atoms with Gasteiger partial charge in [-0.25, -0.2) is 12.8 Å². The van der Waals surface area contributed by atoms with Gasteiger partial charge in [-0.3, -0.25) is 0 Å². The molecule has 0 unspecified atom stereocenters. The fraction of sp³-hybridized carbons (Fsp3) is 0.368. The first-order chi connectivity index (χ1) is 12.4. The van der Waals surface area contributed by atoms with E-state index in [2.05, 4.69) is 22.9 Å². The molecule has 0 radical (unpaired) electrons. The molecule has 3 rings (SSSR count). The maximum absolute atomic E-state index is 14.3. The Bertz CT molecular complexity index is 890. The lowest BCUT2D eigenvalue weighted by atomic mass is 10.1. The molecular weight excluding hydrogens is 419 g/mol. The zero-order valence-electron chi connectivity index (χ0n) is 14.8. The third-order valence-corrected chi connectivity index (χ3v) is 7.36. The number of nitrogens with zero attached hydrogens (tertiary/aromatic N) is 2. The summed E-state index contributed by atoms with van der Waals surface area (Å²) >= 11 is 3.13. The second-order valence-electron chi connectivity index (χ2n) is 6.50. The number of sulfonamides is 1. The van der Waals surface area contributed by atoms with E-state index < -0.39 is 15.8 Å². The largest absolute Gasteiger partial charge is 0.339 e. The first-order valence-corrected chi connectivity index (χ1v) is 10.9. The van der Waals surface area contributed by atoms with Gasteiger partial charge in [0.25, 0.3) is 0 Å². The van der Waals surface area contributed by atoms with Crippen LogP contribution in [-0.4, -0.2) is 32.4 Å². The molecule has 7 heteroatoms. The van der Waals surface area contributed by atoms with Crippen LogP contribution in [0.3, 0.4) is 0 Å². The molecule has 0 N–H and O–H groups in total. The smallest absolute Gasteiger partial charge is 0.245 e. The van der Waals surface area contributed by atoms with Crippen LogP contribution >= 0.6 is 15.9 Å². The van der Waals surface area contributed by atoms with Gasteiger partial charge in [-0.15, -0.1) is 0 Å². The van der Waals surface area contributed by atoms with Crippen molar-refractivity contribution in [2.75, 3.05) is 18.5 Å². The minimum absolute atomic E-state index is 0.121. The molecule has 2 aromatic carbocycles. The highest BCUT2D eigenvalue weighted by molar-refractivity contribution is 9.10. The number of unbranched alkanes of at least 4 members (excludes halogenated alkanes) is 1. The number of benzene rings is 2. The van der Waals surface area contributed by atoms with E-state index in [-0.39, 0.29) is 15.4 Å². The van der Waals surface area contributed by atoms with E-state index >= 15 is 0 Å². The topological polar surface area (TPSA) is 40.6 Å². The number of para-hydroxylation sites is 1. The summed E-state index contributed by atoms with van der Waals surface area (Å²) < 4.78 is 42.3. The predicted octanol–water partition coefficient (Wildman–Crippen LogP) is 4.92. The zero-order chi connectivity index (χ0) is 18.9. The van der Waals surface area contributed by atoms with Gasteiger partial charge in [-0.05, 0) is 40.5 Å². The number of halogens is 2. The molecule has 26 heavy (non-hydrogen) atoms. The summed E-state index contributed by atoms with van der Waals surface area (Å²) in [5.74, 6) is -0.477. The van der Waals surface area contributed by atoms with Gasteiger partial charge in [0.2, 0.25) is 10.0 Å². The average Bonchev–Trinajstić information content (AvgIpc) is 2.70. The van der Waals surface area contributed by atoms with Crippen LogP contribution in [0.1, 0.15) is 26.2 Å². The van der Waals surface area contributed by atoms with Gasteiger partial charge in [-0.1, -0.05) is 38.0 Å². The van der Waals surface area contributed by atoms with Gasteiger partial charge in [0, 0.05) is 31.4 Å². The summed E-state index contributed by atoms with van der Waals surface area (Å²) in [6.07, 6.45) is 2.68. The highest BCUT2D eigenvalue weighted by atomic mass is 79.9. The van der Waals surface area contributed by atoms with Gasteiger partial charge in [0.15, 0.2) is 0 Å². The maximum Gasteiger partial charge on any atom is 0.245 e. The molecule has 1 heterocycles. The Morgan fingerprint density at radius 1 is 1.23 bits per heavy atom. The lowest BCUT2D eigenvalue weighted by molar-refractivity contribution is 0.351. The van der Waals surface area contributed by atoms with E-state index in [9.17, 15) is 12.8 Å². The Balaban J connectivity index is 2.21. The van der Waals surface area contributed by atoms with Crippen LogP contribution in [0.15, 0.2) is 51.8 Å². The Kier molecular flexibility index (Phi) is 5.69. The van der Waals surface area contributed by atoms with Crippen LogP contribution < -0.4 is 4.90 Å². The fourth-order valence-electron chi connectivity index (χ4n) is 3.28. The molecule has 2 aromatic rings. The summed E-state index contributed by atoms with van der Waals surface area (Å²) in [6.45, 7) is 2.56. The van der Waals surface area contributed by atoms with Crippen molar-refractivity contribution < 1.29 is 12.8 Å². The molecule has 0 aromatic heterocycles. The van der Waals surface area contributed by atoms with Crippen molar-refractivity contribution in [2.24, 2.45) is 0 Å². The van der Waals surface area contributed by atoms with Gasteiger partial charge in [-0.2, -0.15) is 4.31 Å². The first-order valence-electron chi connectivity index (χ1n) is 8.66. The normalized spacial score (nSPS) is 19.8. The van der Waals surface area contributed by atoms with E-state index in [0.29, 0.717) is 12.2 Å². The highest BCUT2D eigenvalue weighted by Gasteiger charge is 2.37. The van der Waals surface area contributed by atoms with Gasteiger partial charge in [0.05, 0.1) is 10.2 Å². The molecule has 1 atom stereocenters. The molecule has 1 aliphatic rings. The van der Waals surface area contributed by atoms with E-state index in [0.717, 1.165) is 24.9 Å². The van der Waals surface area contributed by atoms with E-state index in [1.807, 2.05) is 35.2 Å². The number of rotatable bonds is 4. The van der Waals surface area contributed by atoms with Crippen molar-refractivity contribution in [1.82, 2.24) is 4.31 Å². The standard InChI is InChI=1S/C19H22BrFN2O2S/c1-3-4-8-15-13-23(14-9-6-5-7-10-14)18-12-17(21)16(20)11-19(18)26(24,25)22(15)2/h5-7,9-12,15H,3-4,8,13H2,1-2H3/t15-/m1/s1. The Morgan fingerprint density at radius 3 is 2.58 bits per heavy atom. The summed E-state index contributed by atoms with van der Waals surface area (Å²) in [5.41, 5.74) is 1.23. The number of hydrogen-bond acceptors (Lipinski definition) is 3. The van der Waals surface area contributed by atoms with Crippen molar-refractivity contribution in [1.29, 1.82) is 0 Å². The number of fused-ring (bicyclic) bond motifs is 1. The van der Waals surface area contributed by atoms with Crippen molar-refractivity contribution >= 4 is 37.3 Å². The van der Waals surface area contributed by atoms with Crippen LogP contribution in [0.2, 0.25) is 0 Å². The quantitative estimate of drug-likeness (QED) is 0.677. The van der Waals surface area contributed by atoms with Crippen LogP contribution in [0.4, 0.5) is 15.8 Å². The van der Waals surface area contributed by atoms with Crippen molar-refractivity contribution in [3.63, 3.8) is 0 Å². The third-order valence-electron chi connectivity index (χ3n) is 4.82. The summed E-state index contributed by atoms with van der Waals surface area (Å²) in [4.78, 5) is 2.03. The zero-order valence-corrected chi connectivity index (χ0v) is 17.2. The average molecular weight is 441 g/mol. The Hall–Kier alpha value is -1.44. The molecule has 0 fully saturated rings. The lowest BCUT2D eigenvalue weighted by Gasteiger charge is -2.29. The Labute approximate surface area is 162 Å². The van der Waals surface area contributed by atoms with Crippen LogP contribution in [-0.2, 0) is 10.0 Å². The maximum atomic E-state index is 14.3. The molecular formula is C19H22BrFN2O2S. The molecule has 0 aliphatic carbocycles. The monoisotopic (exact) mass is 440 g/mol. The third kappa shape index (κ3) is 3.52.